The summed E-state index contributed by atoms with van der Waals surface area (Å²) in [5.41, 5.74) is 6.83. The molecular weight excluding hydrogens is 210 g/mol. The van der Waals surface area contributed by atoms with Crippen LogP contribution in [0.25, 0.3) is 0 Å². The molecule has 1 heterocycles. The topological polar surface area (TPSA) is 44.5 Å². The normalized spacial score (nSPS) is 16.1. The summed E-state index contributed by atoms with van der Waals surface area (Å²) in [6.07, 6.45) is 2.25. The van der Waals surface area contributed by atoms with E-state index in [-0.39, 0.29) is 6.10 Å². The average molecular weight is 225 g/mol. The van der Waals surface area contributed by atoms with Gasteiger partial charge in [0.05, 0.1) is 13.2 Å². The smallest absolute Gasteiger partial charge is 0.145 e. The van der Waals surface area contributed by atoms with Gasteiger partial charge in [-0.05, 0) is 18.4 Å². The van der Waals surface area contributed by atoms with Gasteiger partial charge in [0.15, 0.2) is 0 Å². The lowest BCUT2D eigenvalue weighted by atomic mass is 10.2. The Bertz CT molecular complexity index is 339. The molecule has 0 radical (unpaired) electrons. The molecular formula is C11H15NO2S. The summed E-state index contributed by atoms with van der Waals surface area (Å²) in [5, 5.41) is 0. The van der Waals surface area contributed by atoms with E-state index in [0.717, 1.165) is 11.3 Å². The lowest BCUT2D eigenvalue weighted by Gasteiger charge is -2.28. The Morgan fingerprint density at radius 2 is 2.33 bits per heavy atom. The molecule has 3 nitrogen and oxygen atoms in total. The summed E-state index contributed by atoms with van der Waals surface area (Å²) in [5.74, 6) is 0.901. The number of hydrogen-bond acceptors (Lipinski definition) is 4. The van der Waals surface area contributed by atoms with Gasteiger partial charge in [0.25, 0.3) is 0 Å². The first-order valence-corrected chi connectivity index (χ1v) is 6.18. The van der Waals surface area contributed by atoms with E-state index < -0.39 is 0 Å². The van der Waals surface area contributed by atoms with Crippen LogP contribution in [-0.2, 0) is 11.3 Å². The van der Waals surface area contributed by atoms with Gasteiger partial charge in [0.1, 0.15) is 11.9 Å². The lowest BCUT2D eigenvalue weighted by Crippen LogP contribution is -2.38. The molecule has 82 valence electrons. The van der Waals surface area contributed by atoms with Gasteiger partial charge < -0.3 is 15.2 Å². The zero-order valence-corrected chi connectivity index (χ0v) is 9.55. The molecule has 0 saturated carbocycles. The highest BCUT2D eigenvalue weighted by molar-refractivity contribution is 7.98. The van der Waals surface area contributed by atoms with Gasteiger partial charge in [-0.1, -0.05) is 6.07 Å². The Kier molecular flexibility index (Phi) is 3.51. The molecule has 15 heavy (non-hydrogen) atoms. The summed E-state index contributed by atoms with van der Waals surface area (Å²) < 4.78 is 10.9. The molecule has 2 rings (SSSR count). The first-order chi connectivity index (χ1) is 7.35. The van der Waals surface area contributed by atoms with Gasteiger partial charge in [0.2, 0.25) is 0 Å². The fourth-order valence-corrected chi connectivity index (χ4v) is 2.16. The molecule has 0 bridgehead atoms. The summed E-state index contributed by atoms with van der Waals surface area (Å²) in [4.78, 5) is 1.19. The predicted octanol–water partition coefficient (Wildman–Crippen LogP) is 1.64. The van der Waals surface area contributed by atoms with Crippen molar-refractivity contribution < 1.29 is 9.47 Å². The van der Waals surface area contributed by atoms with Gasteiger partial charge >= 0.3 is 0 Å². The average Bonchev–Trinajstić information content (AvgIpc) is 2.22. The van der Waals surface area contributed by atoms with Crippen molar-refractivity contribution in [2.45, 2.75) is 17.5 Å². The molecule has 1 aliphatic heterocycles. The molecule has 1 aliphatic rings. The van der Waals surface area contributed by atoms with Crippen molar-refractivity contribution in [3.8, 4) is 5.75 Å². The van der Waals surface area contributed by atoms with Crippen LogP contribution in [0.1, 0.15) is 5.56 Å². The molecule has 0 spiro atoms. The molecule has 1 aromatic carbocycles. The van der Waals surface area contributed by atoms with Crippen molar-refractivity contribution in [1.82, 2.24) is 0 Å². The largest absolute Gasteiger partial charge is 0.485 e. The Morgan fingerprint density at radius 1 is 1.53 bits per heavy atom. The molecule has 1 saturated heterocycles. The SMILES string of the molecule is CSc1cccc(OC2COC2)c1CN. The van der Waals surface area contributed by atoms with E-state index in [1.807, 2.05) is 18.4 Å². The Balaban J connectivity index is 2.20. The third-order valence-corrected chi connectivity index (χ3v) is 3.24. The van der Waals surface area contributed by atoms with Crippen molar-refractivity contribution in [2.75, 3.05) is 19.5 Å². The maximum atomic E-state index is 5.80. The third-order valence-electron chi connectivity index (χ3n) is 2.42. The van der Waals surface area contributed by atoms with Crippen LogP contribution in [0.5, 0.6) is 5.75 Å². The van der Waals surface area contributed by atoms with Gasteiger partial charge in [-0.3, -0.25) is 0 Å². The summed E-state index contributed by atoms with van der Waals surface area (Å²) in [6, 6.07) is 6.04. The minimum Gasteiger partial charge on any atom is -0.485 e. The minimum atomic E-state index is 0.201. The number of ether oxygens (including phenoxy) is 2. The standard InChI is InChI=1S/C11H15NO2S/c1-15-11-4-2-3-10(9(11)5-12)14-8-6-13-7-8/h2-4,8H,5-7,12H2,1H3. The van der Waals surface area contributed by atoms with Crippen LogP contribution >= 0.6 is 11.8 Å². The number of nitrogens with two attached hydrogens (primary N) is 1. The number of thioether (sulfide) groups is 1. The summed E-state index contributed by atoms with van der Waals surface area (Å²) >= 11 is 1.70. The highest BCUT2D eigenvalue weighted by Crippen LogP contribution is 2.29. The summed E-state index contributed by atoms with van der Waals surface area (Å²) in [6.45, 7) is 1.89. The molecule has 4 heteroatoms. The molecule has 0 aliphatic carbocycles. The minimum absolute atomic E-state index is 0.201. The number of hydrogen-bond donors (Lipinski definition) is 1. The van der Waals surface area contributed by atoms with Crippen LogP contribution in [-0.4, -0.2) is 25.6 Å². The highest BCUT2D eigenvalue weighted by Gasteiger charge is 2.21. The second-order valence-corrected chi connectivity index (χ2v) is 4.27. The van der Waals surface area contributed by atoms with E-state index in [1.54, 1.807) is 11.8 Å². The third kappa shape index (κ3) is 2.27. The molecule has 2 N–H and O–H groups in total. The molecule has 1 fully saturated rings. The fraction of sp³-hybridized carbons (Fsp3) is 0.455. The van der Waals surface area contributed by atoms with Crippen LogP contribution in [0.4, 0.5) is 0 Å². The monoisotopic (exact) mass is 225 g/mol. The van der Waals surface area contributed by atoms with Crippen LogP contribution in [0.15, 0.2) is 23.1 Å². The van der Waals surface area contributed by atoms with Crippen molar-refractivity contribution in [1.29, 1.82) is 0 Å². The van der Waals surface area contributed by atoms with Crippen molar-refractivity contribution >= 4 is 11.8 Å². The molecule has 0 amide bonds. The van der Waals surface area contributed by atoms with Crippen LogP contribution in [0.2, 0.25) is 0 Å². The Morgan fingerprint density at radius 3 is 2.87 bits per heavy atom. The first kappa shape index (κ1) is 10.8. The highest BCUT2D eigenvalue weighted by atomic mass is 32.2. The van der Waals surface area contributed by atoms with Gasteiger partial charge in [-0.25, -0.2) is 0 Å². The summed E-state index contributed by atoms with van der Waals surface area (Å²) in [7, 11) is 0. The van der Waals surface area contributed by atoms with E-state index in [1.165, 1.54) is 4.90 Å². The fourth-order valence-electron chi connectivity index (χ4n) is 1.51. The predicted molar refractivity (Wildman–Crippen MR) is 61.3 cm³/mol. The van der Waals surface area contributed by atoms with Gasteiger partial charge in [0, 0.05) is 17.0 Å². The molecule has 0 atom stereocenters. The van der Waals surface area contributed by atoms with Gasteiger partial charge in [-0.2, -0.15) is 0 Å². The Labute approximate surface area is 93.9 Å². The lowest BCUT2D eigenvalue weighted by molar-refractivity contribution is -0.0800. The quantitative estimate of drug-likeness (QED) is 0.791. The maximum Gasteiger partial charge on any atom is 0.145 e. The maximum absolute atomic E-state index is 5.80. The molecule has 1 aromatic rings. The molecule has 0 aromatic heterocycles. The second kappa shape index (κ2) is 4.88. The van der Waals surface area contributed by atoms with Crippen LogP contribution in [0, 0.1) is 0 Å². The van der Waals surface area contributed by atoms with Crippen molar-refractivity contribution in [2.24, 2.45) is 5.73 Å². The van der Waals surface area contributed by atoms with Crippen LogP contribution in [0.3, 0.4) is 0 Å². The zero-order valence-electron chi connectivity index (χ0n) is 8.73. The van der Waals surface area contributed by atoms with Crippen molar-refractivity contribution in [3.63, 3.8) is 0 Å². The molecule has 0 unspecified atom stereocenters. The number of benzene rings is 1. The van der Waals surface area contributed by atoms with Crippen LogP contribution < -0.4 is 10.5 Å². The second-order valence-electron chi connectivity index (χ2n) is 3.42. The number of rotatable bonds is 4. The van der Waals surface area contributed by atoms with E-state index in [9.17, 15) is 0 Å². The van der Waals surface area contributed by atoms with Gasteiger partial charge in [-0.15, -0.1) is 11.8 Å². The van der Waals surface area contributed by atoms with E-state index in [2.05, 4.69) is 6.07 Å². The Hall–Kier alpha value is -0.710. The zero-order chi connectivity index (χ0) is 10.7. The van der Waals surface area contributed by atoms with E-state index in [4.69, 9.17) is 15.2 Å². The van der Waals surface area contributed by atoms with E-state index >= 15 is 0 Å². The van der Waals surface area contributed by atoms with Crippen molar-refractivity contribution in [3.05, 3.63) is 23.8 Å². The van der Waals surface area contributed by atoms with E-state index in [0.29, 0.717) is 19.8 Å². The first-order valence-electron chi connectivity index (χ1n) is 4.95.